The summed E-state index contributed by atoms with van der Waals surface area (Å²) in [4.78, 5) is 16.9. The monoisotopic (exact) mass is 382 g/mol. The van der Waals surface area contributed by atoms with Gasteiger partial charge in [0, 0.05) is 22.5 Å². The molecular formula is C22H23ClN2O2. The Morgan fingerprint density at radius 3 is 2.44 bits per heavy atom. The number of aromatic nitrogens is 1. The Hall–Kier alpha value is -2.59. The zero-order valence-electron chi connectivity index (χ0n) is 15.8. The molecule has 0 saturated carbocycles. The van der Waals surface area contributed by atoms with Crippen LogP contribution >= 0.6 is 11.6 Å². The maximum atomic E-state index is 12.4. The van der Waals surface area contributed by atoms with Gasteiger partial charge in [-0.15, -0.1) is 0 Å². The Morgan fingerprint density at radius 1 is 1.11 bits per heavy atom. The standard InChI is InChI=1S/C22H23ClN2O2/c1-15-19(25-21(27-15)16-7-5-4-6-8-16)13-20(26)24-14-22(2,3)17-9-11-18(23)12-10-17/h4-12H,13-14H2,1-3H3,(H,24,26). The summed E-state index contributed by atoms with van der Waals surface area (Å²) in [5, 5.41) is 3.71. The smallest absolute Gasteiger partial charge is 0.226 e. The lowest BCUT2D eigenvalue weighted by molar-refractivity contribution is -0.120. The van der Waals surface area contributed by atoms with Crippen molar-refractivity contribution in [2.75, 3.05) is 6.54 Å². The van der Waals surface area contributed by atoms with Crippen LogP contribution in [-0.4, -0.2) is 17.4 Å². The fourth-order valence-corrected chi connectivity index (χ4v) is 2.96. The molecule has 1 amide bonds. The molecule has 3 rings (SSSR count). The Balaban J connectivity index is 1.63. The molecular weight excluding hydrogens is 360 g/mol. The van der Waals surface area contributed by atoms with Crippen molar-refractivity contribution in [2.45, 2.75) is 32.6 Å². The molecule has 2 aromatic carbocycles. The minimum absolute atomic E-state index is 0.0759. The van der Waals surface area contributed by atoms with Crippen LogP contribution in [0.5, 0.6) is 0 Å². The molecule has 1 N–H and O–H groups in total. The predicted octanol–water partition coefficient (Wildman–Crippen LogP) is 4.94. The molecule has 27 heavy (non-hydrogen) atoms. The largest absolute Gasteiger partial charge is 0.441 e. The third kappa shape index (κ3) is 4.77. The van der Waals surface area contributed by atoms with Gasteiger partial charge in [-0.25, -0.2) is 4.98 Å². The summed E-state index contributed by atoms with van der Waals surface area (Å²) in [5.41, 5.74) is 2.48. The molecule has 0 radical (unpaired) electrons. The number of carbonyl (C=O) groups excluding carboxylic acids is 1. The van der Waals surface area contributed by atoms with Gasteiger partial charge >= 0.3 is 0 Å². The fourth-order valence-electron chi connectivity index (χ4n) is 2.83. The number of nitrogens with one attached hydrogen (secondary N) is 1. The number of halogens is 1. The molecule has 0 aliphatic carbocycles. The van der Waals surface area contributed by atoms with Gasteiger partial charge in [-0.2, -0.15) is 0 Å². The van der Waals surface area contributed by atoms with E-state index in [4.69, 9.17) is 16.0 Å². The second kappa shape index (κ2) is 7.97. The summed E-state index contributed by atoms with van der Waals surface area (Å²) in [6, 6.07) is 17.4. The van der Waals surface area contributed by atoms with Crippen LogP contribution in [0.2, 0.25) is 5.02 Å². The summed E-state index contributed by atoms with van der Waals surface area (Å²) < 4.78 is 5.72. The summed E-state index contributed by atoms with van der Waals surface area (Å²) in [7, 11) is 0. The Bertz CT molecular complexity index is 915. The van der Waals surface area contributed by atoms with Crippen molar-refractivity contribution in [3.05, 3.63) is 76.6 Å². The molecule has 0 fully saturated rings. The summed E-state index contributed by atoms with van der Waals surface area (Å²) in [6.45, 7) is 6.53. The zero-order chi connectivity index (χ0) is 19.4. The van der Waals surface area contributed by atoms with Gasteiger partial charge in [-0.1, -0.05) is 55.8 Å². The van der Waals surface area contributed by atoms with E-state index in [0.29, 0.717) is 28.9 Å². The van der Waals surface area contributed by atoms with Crippen molar-refractivity contribution in [1.29, 1.82) is 0 Å². The molecule has 0 aliphatic heterocycles. The van der Waals surface area contributed by atoms with Crippen LogP contribution in [0.15, 0.2) is 59.0 Å². The molecule has 0 unspecified atom stereocenters. The number of nitrogens with zero attached hydrogens (tertiary/aromatic N) is 1. The number of hydrogen-bond acceptors (Lipinski definition) is 3. The van der Waals surface area contributed by atoms with E-state index < -0.39 is 0 Å². The first-order valence-corrected chi connectivity index (χ1v) is 9.27. The highest BCUT2D eigenvalue weighted by Crippen LogP contribution is 2.24. The first-order chi connectivity index (χ1) is 12.8. The van der Waals surface area contributed by atoms with E-state index in [0.717, 1.165) is 11.1 Å². The topological polar surface area (TPSA) is 55.1 Å². The molecule has 5 heteroatoms. The Morgan fingerprint density at radius 2 is 1.78 bits per heavy atom. The summed E-state index contributed by atoms with van der Waals surface area (Å²) >= 11 is 5.96. The zero-order valence-corrected chi connectivity index (χ0v) is 16.5. The molecule has 4 nitrogen and oxygen atoms in total. The van der Waals surface area contributed by atoms with Gasteiger partial charge in [-0.3, -0.25) is 4.79 Å². The first kappa shape index (κ1) is 19.2. The van der Waals surface area contributed by atoms with E-state index in [1.807, 2.05) is 61.5 Å². The van der Waals surface area contributed by atoms with Gasteiger partial charge in [0.2, 0.25) is 11.8 Å². The van der Waals surface area contributed by atoms with Crippen LogP contribution in [0.1, 0.15) is 30.9 Å². The van der Waals surface area contributed by atoms with Crippen LogP contribution in [0, 0.1) is 6.92 Å². The van der Waals surface area contributed by atoms with Gasteiger partial charge in [-0.05, 0) is 36.8 Å². The van der Waals surface area contributed by atoms with Crippen molar-refractivity contribution in [3.63, 3.8) is 0 Å². The number of carbonyl (C=O) groups is 1. The maximum absolute atomic E-state index is 12.4. The number of benzene rings is 2. The van der Waals surface area contributed by atoms with Gasteiger partial charge < -0.3 is 9.73 Å². The number of oxazole rings is 1. The van der Waals surface area contributed by atoms with Crippen LogP contribution in [0.4, 0.5) is 0 Å². The highest BCUT2D eigenvalue weighted by Gasteiger charge is 2.22. The number of rotatable bonds is 6. The van der Waals surface area contributed by atoms with E-state index >= 15 is 0 Å². The van der Waals surface area contributed by atoms with Gasteiger partial charge in [0.05, 0.1) is 12.1 Å². The molecule has 3 aromatic rings. The second-order valence-corrected chi connectivity index (χ2v) is 7.67. The average Bonchev–Trinajstić information content (AvgIpc) is 3.02. The van der Waals surface area contributed by atoms with Crippen LogP contribution in [0.25, 0.3) is 11.5 Å². The van der Waals surface area contributed by atoms with Crippen LogP contribution in [-0.2, 0) is 16.6 Å². The molecule has 1 aromatic heterocycles. The quantitative estimate of drug-likeness (QED) is 0.656. The van der Waals surface area contributed by atoms with Crippen molar-refractivity contribution in [2.24, 2.45) is 0 Å². The van der Waals surface area contributed by atoms with Crippen molar-refractivity contribution in [1.82, 2.24) is 10.3 Å². The predicted molar refractivity (Wildman–Crippen MR) is 108 cm³/mol. The van der Waals surface area contributed by atoms with Gasteiger partial charge in [0.1, 0.15) is 5.76 Å². The minimum atomic E-state index is -0.200. The summed E-state index contributed by atoms with van der Waals surface area (Å²) in [5.74, 6) is 1.13. The molecule has 0 spiro atoms. The van der Waals surface area contributed by atoms with Crippen LogP contribution < -0.4 is 5.32 Å². The summed E-state index contributed by atoms with van der Waals surface area (Å²) in [6.07, 6.45) is 0.193. The molecule has 0 bridgehead atoms. The number of hydrogen-bond donors (Lipinski definition) is 1. The third-order valence-corrected chi connectivity index (χ3v) is 4.85. The highest BCUT2D eigenvalue weighted by atomic mass is 35.5. The lowest BCUT2D eigenvalue weighted by Gasteiger charge is -2.25. The molecule has 0 saturated heterocycles. The van der Waals surface area contributed by atoms with Crippen molar-refractivity contribution >= 4 is 17.5 Å². The molecule has 1 heterocycles. The lowest BCUT2D eigenvalue weighted by atomic mass is 9.84. The Kier molecular flexibility index (Phi) is 5.66. The molecule has 140 valence electrons. The molecule has 0 atom stereocenters. The normalized spacial score (nSPS) is 11.4. The van der Waals surface area contributed by atoms with E-state index in [2.05, 4.69) is 24.1 Å². The van der Waals surface area contributed by atoms with E-state index in [1.54, 1.807) is 0 Å². The fraction of sp³-hybridized carbons (Fsp3) is 0.273. The SMILES string of the molecule is Cc1oc(-c2ccccc2)nc1CC(=O)NCC(C)(C)c1ccc(Cl)cc1. The Labute approximate surface area is 164 Å². The minimum Gasteiger partial charge on any atom is -0.441 e. The average molecular weight is 383 g/mol. The number of aryl methyl sites for hydroxylation is 1. The first-order valence-electron chi connectivity index (χ1n) is 8.89. The highest BCUT2D eigenvalue weighted by molar-refractivity contribution is 6.30. The number of amides is 1. The van der Waals surface area contributed by atoms with Gasteiger partial charge in [0.25, 0.3) is 0 Å². The van der Waals surface area contributed by atoms with Crippen molar-refractivity contribution < 1.29 is 9.21 Å². The van der Waals surface area contributed by atoms with Gasteiger partial charge in [0.15, 0.2) is 0 Å². The third-order valence-electron chi connectivity index (χ3n) is 4.59. The maximum Gasteiger partial charge on any atom is 0.226 e. The molecule has 0 aliphatic rings. The second-order valence-electron chi connectivity index (χ2n) is 7.23. The van der Waals surface area contributed by atoms with Crippen LogP contribution in [0.3, 0.4) is 0 Å². The van der Waals surface area contributed by atoms with E-state index in [-0.39, 0.29) is 17.7 Å². The van der Waals surface area contributed by atoms with E-state index in [1.165, 1.54) is 0 Å². The lowest BCUT2D eigenvalue weighted by Crippen LogP contribution is -2.37. The van der Waals surface area contributed by atoms with E-state index in [9.17, 15) is 4.79 Å². The van der Waals surface area contributed by atoms with Crippen molar-refractivity contribution in [3.8, 4) is 11.5 Å².